The van der Waals surface area contributed by atoms with Crippen molar-refractivity contribution in [3.63, 3.8) is 0 Å². The van der Waals surface area contributed by atoms with Gasteiger partial charge in [-0.1, -0.05) is 35.0 Å². The monoisotopic (exact) mass is 408 g/mol. The fourth-order valence-corrected chi connectivity index (χ4v) is 3.46. The molecule has 1 aliphatic rings. The van der Waals surface area contributed by atoms with Crippen molar-refractivity contribution in [2.45, 2.75) is 32.4 Å². The molecule has 30 heavy (non-hydrogen) atoms. The zero-order valence-corrected chi connectivity index (χ0v) is 16.5. The number of amides is 2. The van der Waals surface area contributed by atoms with Crippen LogP contribution < -0.4 is 5.32 Å². The zero-order chi connectivity index (χ0) is 21.1. The Labute approximate surface area is 172 Å². The molecule has 1 aliphatic heterocycles. The number of benzene rings is 2. The summed E-state index contributed by atoms with van der Waals surface area (Å²) in [6, 6.07) is 13.4. The number of likely N-dealkylation sites (tertiary alicyclic amines) is 1. The van der Waals surface area contributed by atoms with Gasteiger partial charge < -0.3 is 14.7 Å². The highest BCUT2D eigenvalue weighted by molar-refractivity contribution is 5.94. The summed E-state index contributed by atoms with van der Waals surface area (Å²) >= 11 is 0. The Bertz CT molecular complexity index is 1060. The highest BCUT2D eigenvalue weighted by Crippen LogP contribution is 2.27. The van der Waals surface area contributed by atoms with Crippen LogP contribution in [0.25, 0.3) is 0 Å². The van der Waals surface area contributed by atoms with Gasteiger partial charge in [-0.25, -0.2) is 4.39 Å². The molecule has 4 rings (SSSR count). The summed E-state index contributed by atoms with van der Waals surface area (Å²) in [5.74, 6) is 0.0182. The van der Waals surface area contributed by atoms with Gasteiger partial charge in [0, 0.05) is 31.0 Å². The maximum absolute atomic E-state index is 13.1. The summed E-state index contributed by atoms with van der Waals surface area (Å²) in [6.45, 7) is 2.90. The van der Waals surface area contributed by atoms with Crippen molar-refractivity contribution >= 4 is 11.8 Å². The molecule has 1 N–H and O–H groups in total. The summed E-state index contributed by atoms with van der Waals surface area (Å²) < 4.78 is 18.3. The van der Waals surface area contributed by atoms with Crippen LogP contribution in [0.4, 0.5) is 4.39 Å². The average Bonchev–Trinajstić information content (AvgIpc) is 3.35. The van der Waals surface area contributed by atoms with Crippen LogP contribution in [0.2, 0.25) is 0 Å². The number of rotatable bonds is 6. The van der Waals surface area contributed by atoms with Crippen molar-refractivity contribution in [1.29, 1.82) is 0 Å². The Morgan fingerprint density at radius 3 is 2.83 bits per heavy atom. The molecule has 0 radical (unpaired) electrons. The van der Waals surface area contributed by atoms with Crippen LogP contribution in [0.5, 0.6) is 0 Å². The van der Waals surface area contributed by atoms with Crippen molar-refractivity contribution < 1.29 is 18.5 Å². The topological polar surface area (TPSA) is 88.3 Å². The lowest BCUT2D eigenvalue weighted by Crippen LogP contribution is -2.24. The van der Waals surface area contributed by atoms with Gasteiger partial charge in [0.1, 0.15) is 5.82 Å². The predicted molar refractivity (Wildman–Crippen MR) is 106 cm³/mol. The number of aryl methyl sites for hydroxylation is 1. The summed E-state index contributed by atoms with van der Waals surface area (Å²) in [5.41, 5.74) is 2.42. The zero-order valence-electron chi connectivity index (χ0n) is 16.5. The molecular weight excluding hydrogens is 387 g/mol. The van der Waals surface area contributed by atoms with E-state index in [0.29, 0.717) is 24.5 Å². The van der Waals surface area contributed by atoms with Gasteiger partial charge >= 0.3 is 0 Å². The number of nitrogens with zero attached hydrogens (tertiary/aromatic N) is 3. The Balaban J connectivity index is 1.34. The first kappa shape index (κ1) is 19.8. The molecule has 7 nitrogen and oxygen atoms in total. The maximum atomic E-state index is 13.1. The molecule has 0 spiro atoms. The number of nitrogens with one attached hydrogen (secondary N) is 1. The van der Waals surface area contributed by atoms with Crippen LogP contribution in [0, 0.1) is 12.7 Å². The first-order valence-electron chi connectivity index (χ1n) is 9.67. The van der Waals surface area contributed by atoms with Gasteiger partial charge in [0.15, 0.2) is 5.82 Å². The Kier molecular flexibility index (Phi) is 5.56. The van der Waals surface area contributed by atoms with Gasteiger partial charge in [-0.15, -0.1) is 0 Å². The van der Waals surface area contributed by atoms with Crippen LogP contribution in [-0.2, 0) is 17.9 Å². The smallest absolute Gasteiger partial charge is 0.251 e. The van der Waals surface area contributed by atoms with Crippen molar-refractivity contribution in [3.8, 4) is 0 Å². The Hall–Kier alpha value is -3.55. The minimum Gasteiger partial charge on any atom is -0.343 e. The second kappa shape index (κ2) is 8.44. The first-order valence-corrected chi connectivity index (χ1v) is 9.67. The highest BCUT2D eigenvalue weighted by atomic mass is 19.1. The van der Waals surface area contributed by atoms with E-state index in [-0.39, 0.29) is 42.4 Å². The third-order valence-electron chi connectivity index (χ3n) is 5.03. The van der Waals surface area contributed by atoms with Gasteiger partial charge in [-0.3, -0.25) is 9.59 Å². The van der Waals surface area contributed by atoms with Gasteiger partial charge in [0.2, 0.25) is 11.8 Å². The summed E-state index contributed by atoms with van der Waals surface area (Å²) in [4.78, 5) is 30.6. The third-order valence-corrected chi connectivity index (χ3v) is 5.03. The quantitative estimate of drug-likeness (QED) is 0.678. The SMILES string of the molecule is Cc1cccc(C(=O)NCc2nc(C3CC(=O)N(Cc4ccc(F)cc4)C3)no2)c1. The van der Waals surface area contributed by atoms with Crippen LogP contribution in [0.1, 0.15) is 45.5 Å². The second-order valence-electron chi connectivity index (χ2n) is 7.40. The van der Waals surface area contributed by atoms with Crippen LogP contribution in [-0.4, -0.2) is 33.4 Å². The lowest BCUT2D eigenvalue weighted by Gasteiger charge is -2.16. The van der Waals surface area contributed by atoms with Crippen molar-refractivity contribution in [2.24, 2.45) is 0 Å². The number of carbonyl (C=O) groups is 2. The molecule has 1 aromatic heterocycles. The second-order valence-corrected chi connectivity index (χ2v) is 7.40. The largest absolute Gasteiger partial charge is 0.343 e. The van der Waals surface area contributed by atoms with Gasteiger partial charge in [0.25, 0.3) is 5.91 Å². The van der Waals surface area contributed by atoms with Gasteiger partial charge in [-0.05, 0) is 36.8 Å². The van der Waals surface area contributed by atoms with E-state index in [1.54, 1.807) is 29.2 Å². The number of hydrogen-bond donors (Lipinski definition) is 1. The molecule has 2 aromatic carbocycles. The molecule has 1 saturated heterocycles. The normalized spacial score (nSPS) is 16.1. The number of halogens is 1. The van der Waals surface area contributed by atoms with E-state index in [2.05, 4.69) is 15.5 Å². The fourth-order valence-electron chi connectivity index (χ4n) is 3.46. The molecule has 154 valence electrons. The van der Waals surface area contributed by atoms with E-state index in [9.17, 15) is 14.0 Å². The van der Waals surface area contributed by atoms with Crippen molar-refractivity contribution in [3.05, 3.63) is 82.8 Å². The number of carbonyl (C=O) groups excluding carboxylic acids is 2. The Morgan fingerprint density at radius 2 is 2.07 bits per heavy atom. The van der Waals surface area contributed by atoms with E-state index in [1.807, 2.05) is 19.1 Å². The van der Waals surface area contributed by atoms with Crippen LogP contribution in [0.15, 0.2) is 53.1 Å². The van der Waals surface area contributed by atoms with E-state index >= 15 is 0 Å². The van der Waals surface area contributed by atoms with Crippen molar-refractivity contribution in [1.82, 2.24) is 20.4 Å². The van der Waals surface area contributed by atoms with Crippen LogP contribution in [0.3, 0.4) is 0 Å². The van der Waals surface area contributed by atoms with E-state index in [0.717, 1.165) is 11.1 Å². The lowest BCUT2D eigenvalue weighted by molar-refractivity contribution is -0.128. The van der Waals surface area contributed by atoms with Gasteiger partial charge in [-0.2, -0.15) is 4.98 Å². The minimum atomic E-state index is -0.307. The average molecular weight is 408 g/mol. The predicted octanol–water partition coefficient (Wildman–Crippen LogP) is 2.96. The molecule has 2 amide bonds. The summed E-state index contributed by atoms with van der Waals surface area (Å²) in [7, 11) is 0. The Morgan fingerprint density at radius 1 is 1.27 bits per heavy atom. The number of hydrogen-bond acceptors (Lipinski definition) is 5. The lowest BCUT2D eigenvalue weighted by atomic mass is 10.1. The number of aromatic nitrogens is 2. The molecule has 2 heterocycles. The van der Waals surface area contributed by atoms with E-state index < -0.39 is 0 Å². The molecular formula is C22H21FN4O3. The molecule has 1 unspecified atom stereocenters. The van der Waals surface area contributed by atoms with Crippen LogP contribution >= 0.6 is 0 Å². The first-order chi connectivity index (χ1) is 14.5. The molecule has 0 bridgehead atoms. The fraction of sp³-hybridized carbons (Fsp3) is 0.273. The maximum Gasteiger partial charge on any atom is 0.251 e. The van der Waals surface area contributed by atoms with E-state index in [1.165, 1.54) is 12.1 Å². The molecule has 1 fully saturated rings. The van der Waals surface area contributed by atoms with Crippen molar-refractivity contribution in [2.75, 3.05) is 6.54 Å². The van der Waals surface area contributed by atoms with Gasteiger partial charge in [0.05, 0.1) is 6.54 Å². The molecule has 1 atom stereocenters. The third kappa shape index (κ3) is 4.53. The summed E-state index contributed by atoms with van der Waals surface area (Å²) in [5, 5.41) is 6.74. The molecule has 0 saturated carbocycles. The highest BCUT2D eigenvalue weighted by Gasteiger charge is 2.33. The molecule has 8 heteroatoms. The standard InChI is InChI=1S/C22H21FN4O3/c1-14-3-2-4-16(9-14)22(29)24-11-19-25-21(26-30-19)17-10-20(28)27(13-17)12-15-5-7-18(23)8-6-15/h2-9,17H,10-13H2,1H3,(H,24,29). The molecule has 0 aliphatic carbocycles. The molecule has 3 aromatic rings. The van der Waals surface area contributed by atoms with E-state index in [4.69, 9.17) is 4.52 Å². The summed E-state index contributed by atoms with van der Waals surface area (Å²) in [6.07, 6.45) is 0.288. The minimum absolute atomic E-state index is 0.0107.